The highest BCUT2D eigenvalue weighted by Crippen LogP contribution is 2.35. The number of carboxylic acid groups (broad SMARTS) is 2. The zero-order valence-electron chi connectivity index (χ0n) is 20.1. The molecule has 0 aliphatic rings. The summed E-state index contributed by atoms with van der Waals surface area (Å²) in [6.07, 6.45) is 1.42. The summed E-state index contributed by atoms with van der Waals surface area (Å²) in [6.45, 7) is 0. The van der Waals surface area contributed by atoms with Crippen LogP contribution in [0.3, 0.4) is 0 Å². The highest BCUT2D eigenvalue weighted by atomic mass is 16.4. The molecule has 0 amide bonds. The highest BCUT2D eigenvalue weighted by molar-refractivity contribution is 5.90. The Bertz CT molecular complexity index is 1780. The van der Waals surface area contributed by atoms with Crippen molar-refractivity contribution in [3.8, 4) is 39.6 Å². The van der Waals surface area contributed by atoms with E-state index in [2.05, 4.69) is 4.98 Å². The minimum absolute atomic E-state index is 0.0274. The van der Waals surface area contributed by atoms with Crippen LogP contribution in [-0.2, 0) is 0 Å². The van der Waals surface area contributed by atoms with E-state index >= 15 is 0 Å². The predicted octanol–water partition coefficient (Wildman–Crippen LogP) is 3.58. The van der Waals surface area contributed by atoms with Crippen molar-refractivity contribution in [2.75, 3.05) is 11.5 Å². The summed E-state index contributed by atoms with van der Waals surface area (Å²) in [5, 5.41) is 18.7. The molecule has 5 aromatic rings. The van der Waals surface area contributed by atoms with Crippen molar-refractivity contribution in [1.82, 2.24) is 19.5 Å². The van der Waals surface area contributed by atoms with Crippen molar-refractivity contribution in [1.29, 1.82) is 0 Å². The van der Waals surface area contributed by atoms with Crippen molar-refractivity contribution in [3.63, 3.8) is 0 Å². The Morgan fingerprint density at radius 1 is 0.615 bits per heavy atom. The number of aromatic carboxylic acids is 2. The highest BCUT2D eigenvalue weighted by Gasteiger charge is 2.21. The van der Waals surface area contributed by atoms with Gasteiger partial charge in [0.15, 0.2) is 5.82 Å². The van der Waals surface area contributed by atoms with Gasteiger partial charge in [-0.25, -0.2) is 28.9 Å². The van der Waals surface area contributed by atoms with Crippen LogP contribution in [0.1, 0.15) is 20.7 Å². The molecule has 0 saturated heterocycles. The molecule has 0 spiro atoms. The summed E-state index contributed by atoms with van der Waals surface area (Å²) in [4.78, 5) is 49.2. The first kappa shape index (κ1) is 24.8. The molecule has 11 heteroatoms. The van der Waals surface area contributed by atoms with Gasteiger partial charge in [0.05, 0.1) is 22.5 Å². The smallest absolute Gasteiger partial charge is 0.355 e. The Kier molecular flexibility index (Phi) is 6.31. The molecule has 0 aliphatic heterocycles. The maximum absolute atomic E-state index is 12.9. The standard InChI is InChI=1S/C28H20N6O5/c29-20-11-9-16(10-12-20)22-23(15-1-5-18(6-2-15)26(35)36)33-25(34-14-13-21(30)31-28(34)39)24(32-22)17-3-7-19(8-4-17)27(37)38/h1-14H,29H2,(H,35,36)(H,37,38)(H2,30,31,39). The Balaban J connectivity index is 1.84. The minimum Gasteiger partial charge on any atom is -0.478 e. The van der Waals surface area contributed by atoms with Crippen LogP contribution in [0.2, 0.25) is 0 Å². The average molecular weight is 521 g/mol. The zero-order valence-corrected chi connectivity index (χ0v) is 20.1. The number of hydrogen-bond acceptors (Lipinski definition) is 8. The molecule has 6 N–H and O–H groups in total. The molecule has 3 aromatic carbocycles. The van der Waals surface area contributed by atoms with E-state index < -0.39 is 17.6 Å². The van der Waals surface area contributed by atoms with Gasteiger partial charge in [-0.3, -0.25) is 0 Å². The maximum Gasteiger partial charge on any atom is 0.355 e. The second kappa shape index (κ2) is 9.90. The van der Waals surface area contributed by atoms with E-state index in [0.717, 1.165) is 0 Å². The van der Waals surface area contributed by atoms with Gasteiger partial charge in [-0.2, -0.15) is 4.98 Å². The SMILES string of the molecule is Nc1ccc(-c2nc(-c3ccc(C(=O)O)cc3)c(-n3ccc(N)nc3=O)nc2-c2ccc(C(=O)O)cc2)cc1. The molecule has 0 unspecified atom stereocenters. The number of hydrogen-bond donors (Lipinski definition) is 4. The van der Waals surface area contributed by atoms with Crippen LogP contribution in [0, 0.1) is 0 Å². The molecule has 2 heterocycles. The van der Waals surface area contributed by atoms with Crippen molar-refractivity contribution in [2.45, 2.75) is 0 Å². The fraction of sp³-hybridized carbons (Fsp3) is 0. The molecule has 0 radical (unpaired) electrons. The van der Waals surface area contributed by atoms with Crippen molar-refractivity contribution in [3.05, 3.63) is 107 Å². The van der Waals surface area contributed by atoms with E-state index in [4.69, 9.17) is 21.4 Å². The van der Waals surface area contributed by atoms with E-state index in [-0.39, 0.29) is 28.5 Å². The number of nitrogens with two attached hydrogens (primary N) is 2. The fourth-order valence-electron chi connectivity index (χ4n) is 3.95. The molecule has 192 valence electrons. The van der Waals surface area contributed by atoms with Crippen molar-refractivity contribution >= 4 is 23.4 Å². The fourth-order valence-corrected chi connectivity index (χ4v) is 3.95. The molecule has 2 aromatic heterocycles. The van der Waals surface area contributed by atoms with Gasteiger partial charge in [-0.1, -0.05) is 36.4 Å². The van der Waals surface area contributed by atoms with Gasteiger partial charge < -0.3 is 21.7 Å². The molecule has 0 aliphatic carbocycles. The molecule has 11 nitrogen and oxygen atoms in total. The summed E-state index contributed by atoms with van der Waals surface area (Å²) in [5.74, 6) is -2.02. The lowest BCUT2D eigenvalue weighted by Crippen LogP contribution is -2.23. The third-order valence-electron chi connectivity index (χ3n) is 5.93. The van der Waals surface area contributed by atoms with Gasteiger partial charge in [0, 0.05) is 28.6 Å². The zero-order chi connectivity index (χ0) is 27.7. The number of rotatable bonds is 6. The Hall–Kier alpha value is -5.84. The van der Waals surface area contributed by atoms with Gasteiger partial charge in [-0.05, 0) is 42.5 Å². The summed E-state index contributed by atoms with van der Waals surface area (Å²) in [7, 11) is 0. The molecule has 0 atom stereocenters. The van der Waals surface area contributed by atoms with Crippen LogP contribution in [0.25, 0.3) is 39.6 Å². The van der Waals surface area contributed by atoms with Gasteiger partial charge in [0.2, 0.25) is 0 Å². The molecule has 0 saturated carbocycles. The number of carboxylic acids is 2. The monoisotopic (exact) mass is 520 g/mol. The van der Waals surface area contributed by atoms with E-state index in [0.29, 0.717) is 33.8 Å². The van der Waals surface area contributed by atoms with Crippen molar-refractivity contribution < 1.29 is 19.8 Å². The lowest BCUT2D eigenvalue weighted by Gasteiger charge is -2.17. The normalized spacial score (nSPS) is 10.8. The lowest BCUT2D eigenvalue weighted by molar-refractivity contribution is 0.0686. The van der Waals surface area contributed by atoms with E-state index in [1.54, 1.807) is 48.5 Å². The third-order valence-corrected chi connectivity index (χ3v) is 5.93. The second-order valence-electron chi connectivity index (χ2n) is 8.49. The molecular formula is C28H20N6O5. The van der Waals surface area contributed by atoms with Crippen LogP contribution in [-0.4, -0.2) is 41.7 Å². The third kappa shape index (κ3) is 4.91. The molecule has 0 bridgehead atoms. The molecule has 0 fully saturated rings. The molecular weight excluding hydrogens is 500 g/mol. The van der Waals surface area contributed by atoms with Crippen LogP contribution < -0.4 is 17.2 Å². The number of carbonyl (C=O) groups is 2. The van der Waals surface area contributed by atoms with Gasteiger partial charge >= 0.3 is 17.6 Å². The minimum atomic E-state index is -1.09. The van der Waals surface area contributed by atoms with Crippen LogP contribution >= 0.6 is 0 Å². The molecule has 39 heavy (non-hydrogen) atoms. The van der Waals surface area contributed by atoms with E-state index in [9.17, 15) is 24.6 Å². The number of benzene rings is 3. The first-order chi connectivity index (χ1) is 18.7. The van der Waals surface area contributed by atoms with Crippen LogP contribution in [0.5, 0.6) is 0 Å². The Morgan fingerprint density at radius 2 is 1.08 bits per heavy atom. The second-order valence-corrected chi connectivity index (χ2v) is 8.49. The number of aromatic nitrogens is 4. The summed E-state index contributed by atoms with van der Waals surface area (Å²) < 4.78 is 1.19. The maximum atomic E-state index is 12.9. The Labute approximate surface area is 220 Å². The van der Waals surface area contributed by atoms with Gasteiger partial charge in [-0.15, -0.1) is 0 Å². The first-order valence-corrected chi connectivity index (χ1v) is 11.5. The van der Waals surface area contributed by atoms with Gasteiger partial charge in [0.1, 0.15) is 11.5 Å². The molecule has 5 rings (SSSR count). The summed E-state index contributed by atoms with van der Waals surface area (Å²) >= 11 is 0. The first-order valence-electron chi connectivity index (χ1n) is 11.5. The summed E-state index contributed by atoms with van der Waals surface area (Å²) in [5.41, 5.74) is 14.4. The van der Waals surface area contributed by atoms with E-state index in [1.165, 1.54) is 41.1 Å². The lowest BCUT2D eigenvalue weighted by atomic mass is 10.0. The summed E-state index contributed by atoms with van der Waals surface area (Å²) in [6, 6.07) is 20.5. The quantitative estimate of drug-likeness (QED) is 0.241. The Morgan fingerprint density at radius 3 is 1.56 bits per heavy atom. The number of nitrogen functional groups attached to an aromatic ring is 2. The van der Waals surface area contributed by atoms with E-state index in [1.807, 2.05) is 0 Å². The largest absolute Gasteiger partial charge is 0.478 e. The number of nitrogens with zero attached hydrogens (tertiary/aromatic N) is 4. The van der Waals surface area contributed by atoms with Crippen molar-refractivity contribution in [2.24, 2.45) is 0 Å². The van der Waals surface area contributed by atoms with Crippen LogP contribution in [0.4, 0.5) is 11.5 Å². The number of anilines is 2. The van der Waals surface area contributed by atoms with Crippen LogP contribution in [0.15, 0.2) is 89.9 Å². The predicted molar refractivity (Wildman–Crippen MR) is 144 cm³/mol. The average Bonchev–Trinajstić information content (AvgIpc) is 2.93. The topological polar surface area (TPSA) is 187 Å². The van der Waals surface area contributed by atoms with Gasteiger partial charge in [0.25, 0.3) is 0 Å².